The van der Waals surface area contributed by atoms with E-state index >= 15 is 0 Å². The van der Waals surface area contributed by atoms with Crippen LogP contribution in [0.25, 0.3) is 22.0 Å². The van der Waals surface area contributed by atoms with Crippen LogP contribution in [0.15, 0.2) is 39.6 Å². The molecule has 3 rings (SSSR count). The van der Waals surface area contributed by atoms with E-state index in [4.69, 9.17) is 21.1 Å². The van der Waals surface area contributed by atoms with E-state index < -0.39 is 0 Å². The molecule has 0 spiro atoms. The second-order valence-corrected chi connectivity index (χ2v) is 6.60. The van der Waals surface area contributed by atoms with Crippen LogP contribution in [-0.2, 0) is 0 Å². The maximum absolute atomic E-state index is 12.4. The summed E-state index contributed by atoms with van der Waals surface area (Å²) in [7, 11) is 3.00. The number of phenolic OH excluding ortho intramolecular Hbond substituents is 1. The molecular weight excluding hydrogens is 424 g/mol. The van der Waals surface area contributed by atoms with Gasteiger partial charge in [-0.25, -0.2) is 4.98 Å². The van der Waals surface area contributed by atoms with Crippen LogP contribution in [-0.4, -0.2) is 29.3 Å². The van der Waals surface area contributed by atoms with Crippen LogP contribution in [0.4, 0.5) is 0 Å². The molecule has 8 heteroatoms. The fourth-order valence-electron chi connectivity index (χ4n) is 2.41. The van der Waals surface area contributed by atoms with Crippen LogP contribution in [0.5, 0.6) is 17.2 Å². The van der Waals surface area contributed by atoms with Crippen LogP contribution in [0.1, 0.15) is 11.4 Å². The zero-order valence-electron chi connectivity index (χ0n) is 13.8. The van der Waals surface area contributed by atoms with E-state index in [1.54, 1.807) is 30.3 Å². The second-order valence-electron chi connectivity index (χ2n) is 5.34. The van der Waals surface area contributed by atoms with Gasteiger partial charge in [0.15, 0.2) is 17.3 Å². The molecule has 26 heavy (non-hydrogen) atoms. The van der Waals surface area contributed by atoms with Gasteiger partial charge >= 0.3 is 0 Å². The number of fused-ring (bicyclic) bond motifs is 1. The normalized spacial score (nSPS) is 11.6. The van der Waals surface area contributed by atoms with Crippen LogP contribution in [0, 0.1) is 0 Å². The Morgan fingerprint density at radius 2 is 1.92 bits per heavy atom. The first-order chi connectivity index (χ1) is 12.4. The summed E-state index contributed by atoms with van der Waals surface area (Å²) in [6.45, 7) is 0. The number of phenols is 1. The molecule has 2 N–H and O–H groups in total. The van der Waals surface area contributed by atoms with E-state index in [2.05, 4.69) is 25.9 Å². The summed E-state index contributed by atoms with van der Waals surface area (Å²) in [6, 6.07) is 8.11. The van der Waals surface area contributed by atoms with Gasteiger partial charge < -0.3 is 19.6 Å². The van der Waals surface area contributed by atoms with Gasteiger partial charge in [0, 0.05) is 6.07 Å². The molecule has 0 aliphatic heterocycles. The van der Waals surface area contributed by atoms with Gasteiger partial charge in [0.1, 0.15) is 5.75 Å². The summed E-state index contributed by atoms with van der Waals surface area (Å²) in [4.78, 5) is 19.5. The maximum Gasteiger partial charge on any atom is 0.259 e. The lowest BCUT2D eigenvalue weighted by Crippen LogP contribution is -2.11. The van der Waals surface area contributed by atoms with Crippen molar-refractivity contribution < 1.29 is 14.6 Å². The number of hydrogen-bond acceptors (Lipinski definition) is 5. The Labute approximate surface area is 162 Å². The van der Waals surface area contributed by atoms with Crippen molar-refractivity contribution >= 4 is 49.5 Å². The monoisotopic (exact) mass is 436 g/mol. The standard InChI is InChI=1S/C18H14BrClN2O4/c1-25-15-7-10-13(8-16(15)26-2)21-17(22-18(10)24)12(20)6-9-3-4-14(23)11(19)5-9/h3-8,23H,1-2H3,(H,21,22,24). The number of aromatic amines is 1. The fraction of sp³-hybridized carbons (Fsp3) is 0.111. The highest BCUT2D eigenvalue weighted by Crippen LogP contribution is 2.31. The van der Waals surface area contributed by atoms with Gasteiger partial charge in [0.2, 0.25) is 0 Å². The Balaban J connectivity index is 2.11. The Hall–Kier alpha value is -2.51. The lowest BCUT2D eigenvalue weighted by atomic mass is 10.2. The molecule has 134 valence electrons. The molecular formula is C18H14BrClN2O4. The zero-order chi connectivity index (χ0) is 18.8. The number of H-pyrrole nitrogens is 1. The predicted octanol–water partition coefficient (Wildman–Crippen LogP) is 4.15. The van der Waals surface area contributed by atoms with Gasteiger partial charge in [0.05, 0.1) is 34.6 Å². The summed E-state index contributed by atoms with van der Waals surface area (Å²) in [5, 5.41) is 10.2. The van der Waals surface area contributed by atoms with Gasteiger partial charge in [-0.15, -0.1) is 0 Å². The first-order valence-electron chi connectivity index (χ1n) is 7.45. The number of halogens is 2. The average Bonchev–Trinajstić information content (AvgIpc) is 2.63. The first-order valence-corrected chi connectivity index (χ1v) is 8.62. The largest absolute Gasteiger partial charge is 0.507 e. The van der Waals surface area contributed by atoms with Crippen molar-refractivity contribution in [2.75, 3.05) is 14.2 Å². The minimum absolute atomic E-state index is 0.122. The van der Waals surface area contributed by atoms with Gasteiger partial charge in [0.25, 0.3) is 5.56 Å². The quantitative estimate of drug-likeness (QED) is 0.641. The number of nitrogens with zero attached hydrogens (tertiary/aromatic N) is 1. The molecule has 0 fully saturated rings. The number of rotatable bonds is 4. The number of methoxy groups -OCH3 is 2. The summed E-state index contributed by atoms with van der Waals surface area (Å²) < 4.78 is 11.0. The summed E-state index contributed by atoms with van der Waals surface area (Å²) in [5.74, 6) is 1.25. The molecule has 0 aliphatic carbocycles. The van der Waals surface area contributed by atoms with Crippen molar-refractivity contribution in [1.82, 2.24) is 9.97 Å². The highest BCUT2D eigenvalue weighted by atomic mass is 79.9. The number of ether oxygens (including phenoxy) is 2. The highest BCUT2D eigenvalue weighted by molar-refractivity contribution is 9.10. The molecule has 1 aromatic heterocycles. The fourth-order valence-corrected chi connectivity index (χ4v) is 3.02. The van der Waals surface area contributed by atoms with Gasteiger partial charge in [-0.3, -0.25) is 4.79 Å². The number of aromatic hydroxyl groups is 1. The van der Waals surface area contributed by atoms with E-state index in [-0.39, 0.29) is 22.2 Å². The van der Waals surface area contributed by atoms with E-state index in [1.807, 2.05) is 0 Å². The Bertz CT molecular complexity index is 1080. The molecule has 0 atom stereocenters. The molecule has 2 aromatic carbocycles. The molecule has 0 amide bonds. The third-order valence-electron chi connectivity index (χ3n) is 3.70. The number of benzene rings is 2. The minimum Gasteiger partial charge on any atom is -0.507 e. The van der Waals surface area contributed by atoms with Crippen molar-refractivity contribution in [2.24, 2.45) is 0 Å². The van der Waals surface area contributed by atoms with Crippen molar-refractivity contribution in [3.8, 4) is 17.2 Å². The lowest BCUT2D eigenvalue weighted by molar-refractivity contribution is 0.355. The topological polar surface area (TPSA) is 84.4 Å². The smallest absolute Gasteiger partial charge is 0.259 e. The Morgan fingerprint density at radius 1 is 1.23 bits per heavy atom. The van der Waals surface area contributed by atoms with Gasteiger partial charge in [-0.05, 0) is 45.8 Å². The average molecular weight is 438 g/mol. The molecule has 1 heterocycles. The van der Waals surface area contributed by atoms with E-state index in [0.29, 0.717) is 26.9 Å². The zero-order valence-corrected chi connectivity index (χ0v) is 16.2. The summed E-state index contributed by atoms with van der Waals surface area (Å²) in [6.07, 6.45) is 1.64. The summed E-state index contributed by atoms with van der Waals surface area (Å²) >= 11 is 9.58. The van der Waals surface area contributed by atoms with Crippen molar-refractivity contribution in [1.29, 1.82) is 0 Å². The van der Waals surface area contributed by atoms with Crippen LogP contribution < -0.4 is 15.0 Å². The van der Waals surface area contributed by atoms with Crippen molar-refractivity contribution in [2.45, 2.75) is 0 Å². The summed E-state index contributed by atoms with van der Waals surface area (Å²) in [5.41, 5.74) is 0.818. The van der Waals surface area contributed by atoms with Crippen LogP contribution in [0.3, 0.4) is 0 Å². The molecule has 0 unspecified atom stereocenters. The first kappa shape index (κ1) is 18.3. The van der Waals surface area contributed by atoms with E-state index in [0.717, 1.165) is 5.56 Å². The van der Waals surface area contributed by atoms with E-state index in [9.17, 15) is 9.90 Å². The molecule has 3 aromatic rings. The third-order valence-corrected chi connectivity index (χ3v) is 4.63. The maximum atomic E-state index is 12.4. The number of aromatic nitrogens is 2. The third kappa shape index (κ3) is 3.54. The molecule has 0 aliphatic rings. The highest BCUT2D eigenvalue weighted by Gasteiger charge is 2.12. The van der Waals surface area contributed by atoms with Crippen LogP contribution in [0.2, 0.25) is 0 Å². The molecule has 0 radical (unpaired) electrons. The van der Waals surface area contributed by atoms with Crippen LogP contribution >= 0.6 is 27.5 Å². The predicted molar refractivity (Wildman–Crippen MR) is 105 cm³/mol. The molecule has 0 saturated heterocycles. The SMILES string of the molecule is COc1cc2nc(C(Cl)=Cc3ccc(O)c(Br)c3)[nH]c(=O)c2cc1OC. The van der Waals surface area contributed by atoms with Gasteiger partial charge in [-0.1, -0.05) is 17.7 Å². The lowest BCUT2D eigenvalue weighted by Gasteiger charge is -2.09. The second kappa shape index (κ2) is 7.39. The Morgan fingerprint density at radius 3 is 2.58 bits per heavy atom. The molecule has 6 nitrogen and oxygen atoms in total. The Kier molecular flexibility index (Phi) is 5.20. The van der Waals surface area contributed by atoms with E-state index in [1.165, 1.54) is 20.3 Å². The molecule has 0 bridgehead atoms. The number of hydrogen-bond donors (Lipinski definition) is 2. The molecule has 0 saturated carbocycles. The van der Waals surface area contributed by atoms with Crippen molar-refractivity contribution in [3.05, 3.63) is 56.5 Å². The minimum atomic E-state index is -0.343. The number of nitrogens with one attached hydrogen (secondary N) is 1. The van der Waals surface area contributed by atoms with Crippen molar-refractivity contribution in [3.63, 3.8) is 0 Å². The van der Waals surface area contributed by atoms with Gasteiger partial charge in [-0.2, -0.15) is 0 Å².